The van der Waals surface area contributed by atoms with E-state index in [1.165, 1.54) is 23.9 Å². The Hall–Kier alpha value is -2.57. The molecule has 4 rings (SSSR count). The van der Waals surface area contributed by atoms with Gasteiger partial charge in [-0.05, 0) is 49.9 Å². The molecular formula is C28H39N3O3. The lowest BCUT2D eigenvalue weighted by Crippen LogP contribution is -2.56. The smallest absolute Gasteiger partial charge is 0.305 e. The highest BCUT2D eigenvalue weighted by Crippen LogP contribution is 2.31. The number of aryl methyl sites for hydroxylation is 1. The summed E-state index contributed by atoms with van der Waals surface area (Å²) < 4.78 is 10.5. The van der Waals surface area contributed by atoms with Crippen LogP contribution in [0.3, 0.4) is 0 Å². The van der Waals surface area contributed by atoms with Crippen molar-refractivity contribution in [2.45, 2.75) is 38.8 Å². The number of likely N-dealkylation sites (tertiary alicyclic amines) is 1. The lowest BCUT2D eigenvalue weighted by molar-refractivity contribution is -0.141. The average Bonchev–Trinajstić information content (AvgIpc) is 2.89. The molecule has 2 saturated heterocycles. The average molecular weight is 466 g/mol. The summed E-state index contributed by atoms with van der Waals surface area (Å²) in [6, 6.07) is 17.7. The number of nitrogens with zero attached hydrogens (tertiary/aromatic N) is 3. The molecule has 2 atom stereocenters. The molecule has 0 amide bonds. The van der Waals surface area contributed by atoms with Gasteiger partial charge >= 0.3 is 5.97 Å². The van der Waals surface area contributed by atoms with Gasteiger partial charge in [-0.25, -0.2) is 0 Å². The second-order valence-electron chi connectivity index (χ2n) is 9.65. The molecule has 0 unspecified atom stereocenters. The van der Waals surface area contributed by atoms with Crippen LogP contribution in [0.5, 0.6) is 5.75 Å². The van der Waals surface area contributed by atoms with Gasteiger partial charge in [0.25, 0.3) is 0 Å². The number of hydrogen-bond donors (Lipinski definition) is 0. The van der Waals surface area contributed by atoms with Crippen LogP contribution in [-0.4, -0.2) is 75.3 Å². The van der Waals surface area contributed by atoms with Crippen molar-refractivity contribution in [1.29, 1.82) is 0 Å². The van der Waals surface area contributed by atoms with Crippen molar-refractivity contribution < 1.29 is 14.3 Å². The van der Waals surface area contributed by atoms with Crippen molar-refractivity contribution in [3.05, 3.63) is 59.7 Å². The van der Waals surface area contributed by atoms with Crippen molar-refractivity contribution >= 4 is 11.7 Å². The summed E-state index contributed by atoms with van der Waals surface area (Å²) in [5.41, 5.74) is 3.84. The van der Waals surface area contributed by atoms with Crippen molar-refractivity contribution in [2.75, 3.05) is 58.4 Å². The number of carbonyl (C=O) groups is 1. The maximum atomic E-state index is 11.9. The number of para-hydroxylation sites is 2. The largest absolute Gasteiger partial charge is 0.495 e. The van der Waals surface area contributed by atoms with Gasteiger partial charge in [0, 0.05) is 51.7 Å². The van der Waals surface area contributed by atoms with Crippen LogP contribution >= 0.6 is 0 Å². The predicted octanol–water partition coefficient (Wildman–Crippen LogP) is 3.97. The SMILES string of the molecule is COC(=O)CC[C@@H]1CN(Cc2ccc(C)cc2)CC[C@@H]1N1CCN(c2ccccc2OC)CC1. The van der Waals surface area contributed by atoms with Gasteiger partial charge in [0.15, 0.2) is 0 Å². The number of piperidine rings is 1. The minimum atomic E-state index is -0.101. The molecule has 0 saturated carbocycles. The molecule has 184 valence electrons. The van der Waals surface area contributed by atoms with Gasteiger partial charge in [-0.3, -0.25) is 14.6 Å². The van der Waals surface area contributed by atoms with Crippen LogP contribution in [0.15, 0.2) is 48.5 Å². The minimum absolute atomic E-state index is 0.101. The van der Waals surface area contributed by atoms with Gasteiger partial charge in [0.05, 0.1) is 19.9 Å². The highest BCUT2D eigenvalue weighted by atomic mass is 16.5. The van der Waals surface area contributed by atoms with Gasteiger partial charge < -0.3 is 14.4 Å². The van der Waals surface area contributed by atoms with E-state index in [1.54, 1.807) is 7.11 Å². The van der Waals surface area contributed by atoms with Crippen LogP contribution in [0.2, 0.25) is 0 Å². The molecule has 2 aromatic rings. The number of piperazine rings is 1. The first-order valence-electron chi connectivity index (χ1n) is 12.5. The standard InChI is InChI=1S/C28H39N3O3/c1-22-8-10-23(11-9-22)20-29-15-14-25(24(21-29)12-13-28(32)34-3)30-16-18-31(19-17-30)26-6-4-5-7-27(26)33-2/h4-11,24-25H,12-21H2,1-3H3/t24-,25+/m1/s1. The van der Waals surface area contributed by atoms with E-state index in [-0.39, 0.29) is 5.97 Å². The number of anilines is 1. The van der Waals surface area contributed by atoms with Crippen LogP contribution in [-0.2, 0) is 16.1 Å². The number of hydrogen-bond acceptors (Lipinski definition) is 6. The van der Waals surface area contributed by atoms with E-state index in [1.807, 2.05) is 12.1 Å². The Bertz CT molecular complexity index is 925. The second kappa shape index (κ2) is 11.7. The number of carbonyl (C=O) groups excluding carboxylic acids is 1. The molecule has 2 fully saturated rings. The zero-order valence-electron chi connectivity index (χ0n) is 20.9. The Kier molecular flexibility index (Phi) is 8.46. The van der Waals surface area contributed by atoms with Crippen molar-refractivity contribution in [1.82, 2.24) is 9.80 Å². The van der Waals surface area contributed by atoms with Gasteiger partial charge in [-0.15, -0.1) is 0 Å². The first-order chi connectivity index (χ1) is 16.6. The molecule has 0 aromatic heterocycles. The summed E-state index contributed by atoms with van der Waals surface area (Å²) in [5, 5.41) is 0. The fourth-order valence-corrected chi connectivity index (χ4v) is 5.55. The normalized spacial score (nSPS) is 21.9. The summed E-state index contributed by atoms with van der Waals surface area (Å²) >= 11 is 0. The molecule has 6 heteroatoms. The summed E-state index contributed by atoms with van der Waals surface area (Å²) in [6.45, 7) is 9.30. The van der Waals surface area contributed by atoms with Crippen LogP contribution in [0.25, 0.3) is 0 Å². The van der Waals surface area contributed by atoms with E-state index in [4.69, 9.17) is 9.47 Å². The first-order valence-corrected chi connectivity index (χ1v) is 12.5. The van der Waals surface area contributed by atoms with Gasteiger partial charge in [-0.1, -0.05) is 42.0 Å². The van der Waals surface area contributed by atoms with E-state index >= 15 is 0 Å². The highest BCUT2D eigenvalue weighted by molar-refractivity contribution is 5.69. The molecule has 0 N–H and O–H groups in total. The van der Waals surface area contributed by atoms with E-state index in [2.05, 4.69) is 58.0 Å². The van der Waals surface area contributed by atoms with Gasteiger partial charge in [0.1, 0.15) is 5.75 Å². The highest BCUT2D eigenvalue weighted by Gasteiger charge is 2.35. The van der Waals surface area contributed by atoms with Crippen LogP contribution in [0.1, 0.15) is 30.4 Å². The van der Waals surface area contributed by atoms with Crippen LogP contribution in [0.4, 0.5) is 5.69 Å². The Labute approximate surface area is 204 Å². The Morgan fingerprint density at radius 3 is 2.41 bits per heavy atom. The minimum Gasteiger partial charge on any atom is -0.495 e. The molecule has 2 aromatic carbocycles. The molecule has 2 aliphatic rings. The third-order valence-electron chi connectivity index (χ3n) is 7.46. The lowest BCUT2D eigenvalue weighted by atomic mass is 9.86. The third-order valence-corrected chi connectivity index (χ3v) is 7.46. The molecule has 34 heavy (non-hydrogen) atoms. The lowest BCUT2D eigenvalue weighted by Gasteiger charge is -2.47. The topological polar surface area (TPSA) is 45.2 Å². The maximum absolute atomic E-state index is 11.9. The number of ether oxygens (including phenoxy) is 2. The monoisotopic (exact) mass is 465 g/mol. The molecule has 0 spiro atoms. The van der Waals surface area contributed by atoms with E-state index in [0.717, 1.165) is 64.4 Å². The summed E-state index contributed by atoms with van der Waals surface area (Å²) in [6.07, 6.45) is 2.53. The summed E-state index contributed by atoms with van der Waals surface area (Å²) in [5.74, 6) is 1.31. The predicted molar refractivity (Wildman–Crippen MR) is 136 cm³/mol. The second-order valence-corrected chi connectivity index (χ2v) is 9.65. The molecule has 0 radical (unpaired) electrons. The number of benzene rings is 2. The summed E-state index contributed by atoms with van der Waals surface area (Å²) in [7, 11) is 3.23. The maximum Gasteiger partial charge on any atom is 0.305 e. The summed E-state index contributed by atoms with van der Waals surface area (Å²) in [4.78, 5) is 19.6. The van der Waals surface area contributed by atoms with Gasteiger partial charge in [-0.2, -0.15) is 0 Å². The molecular weight excluding hydrogens is 426 g/mol. The molecule has 2 heterocycles. The fraction of sp³-hybridized carbons (Fsp3) is 0.536. The first kappa shape index (κ1) is 24.6. The van der Waals surface area contributed by atoms with Crippen molar-refractivity contribution in [3.8, 4) is 5.75 Å². The van der Waals surface area contributed by atoms with Gasteiger partial charge in [0.2, 0.25) is 0 Å². The van der Waals surface area contributed by atoms with Crippen molar-refractivity contribution in [2.24, 2.45) is 5.92 Å². The Morgan fingerprint density at radius 2 is 1.71 bits per heavy atom. The number of methoxy groups -OCH3 is 2. The molecule has 0 aliphatic carbocycles. The van der Waals surface area contributed by atoms with Crippen molar-refractivity contribution in [3.63, 3.8) is 0 Å². The Balaban J connectivity index is 1.39. The zero-order valence-corrected chi connectivity index (χ0v) is 20.9. The molecule has 2 aliphatic heterocycles. The number of esters is 1. The van der Waals surface area contributed by atoms with E-state index < -0.39 is 0 Å². The fourth-order valence-electron chi connectivity index (χ4n) is 5.55. The quantitative estimate of drug-likeness (QED) is 0.550. The van der Waals surface area contributed by atoms with Crippen LogP contribution in [0, 0.1) is 12.8 Å². The van der Waals surface area contributed by atoms with Crippen LogP contribution < -0.4 is 9.64 Å². The zero-order chi connectivity index (χ0) is 23.9. The Morgan fingerprint density at radius 1 is 0.971 bits per heavy atom. The van der Waals surface area contributed by atoms with E-state index in [9.17, 15) is 4.79 Å². The van der Waals surface area contributed by atoms with E-state index in [0.29, 0.717) is 18.4 Å². The molecule has 0 bridgehead atoms. The number of rotatable bonds is 8. The third kappa shape index (κ3) is 6.10. The molecule has 6 nitrogen and oxygen atoms in total.